The van der Waals surface area contributed by atoms with Crippen LogP contribution >= 0.6 is 0 Å². The van der Waals surface area contributed by atoms with Gasteiger partial charge in [-0.25, -0.2) is 0 Å². The van der Waals surface area contributed by atoms with Gasteiger partial charge >= 0.3 is 8.80 Å². The molecule has 4 nitrogen and oxygen atoms in total. The largest absolute Gasteiger partial charge is 0.527 e. The fourth-order valence-corrected chi connectivity index (χ4v) is 3.22. The van der Waals surface area contributed by atoms with Crippen molar-refractivity contribution in [3.63, 3.8) is 0 Å². The zero-order chi connectivity index (χ0) is 14.2. The minimum atomic E-state index is -2.60. The molecule has 0 fully saturated rings. The molecule has 0 aliphatic heterocycles. The molecule has 0 saturated carbocycles. The van der Waals surface area contributed by atoms with Crippen LogP contribution in [0, 0.1) is 11.8 Å². The highest BCUT2D eigenvalue weighted by Gasteiger charge is 2.39. The van der Waals surface area contributed by atoms with Crippen LogP contribution in [0.1, 0.15) is 40.5 Å². The normalized spacial score (nSPS) is 13.0. The molecule has 0 aliphatic carbocycles. The maximum Gasteiger partial charge on any atom is 0.527 e. The van der Waals surface area contributed by atoms with Crippen molar-refractivity contribution in [2.24, 2.45) is 11.8 Å². The van der Waals surface area contributed by atoms with Crippen molar-refractivity contribution in [2.45, 2.75) is 46.6 Å². The van der Waals surface area contributed by atoms with Gasteiger partial charge in [-0.15, -0.1) is 0 Å². The second-order valence-corrected chi connectivity index (χ2v) is 8.37. The minimum Gasteiger partial charge on any atom is -0.375 e. The second kappa shape index (κ2) is 9.04. The third-order valence-corrected chi connectivity index (χ3v) is 5.28. The van der Waals surface area contributed by atoms with E-state index in [9.17, 15) is 0 Å². The molecule has 0 rings (SSSR count). The highest BCUT2D eigenvalue weighted by molar-refractivity contribution is 6.60. The third kappa shape index (κ3) is 6.85. The number of rotatable bonds is 10. The first kappa shape index (κ1) is 18.1. The van der Waals surface area contributed by atoms with Crippen LogP contribution in [-0.2, 0) is 18.0 Å². The van der Waals surface area contributed by atoms with Crippen LogP contribution < -0.4 is 0 Å². The molecule has 0 aromatic rings. The molecular weight excluding hydrogens is 248 g/mol. The van der Waals surface area contributed by atoms with Crippen LogP contribution in [0.25, 0.3) is 0 Å². The summed E-state index contributed by atoms with van der Waals surface area (Å²) >= 11 is 0. The van der Waals surface area contributed by atoms with E-state index in [1.165, 1.54) is 0 Å². The Bertz CT molecular complexity index is 187. The van der Waals surface area contributed by atoms with Gasteiger partial charge in [0.1, 0.15) is 6.23 Å². The topological polar surface area (TPSA) is 36.9 Å². The van der Waals surface area contributed by atoms with Crippen LogP contribution in [0.5, 0.6) is 0 Å². The van der Waals surface area contributed by atoms with Crippen molar-refractivity contribution in [2.75, 3.05) is 27.6 Å². The van der Waals surface area contributed by atoms with E-state index in [-0.39, 0.29) is 6.10 Å². The summed E-state index contributed by atoms with van der Waals surface area (Å²) in [6, 6.07) is 0. The first-order valence-corrected chi connectivity index (χ1v) is 8.59. The van der Waals surface area contributed by atoms with Gasteiger partial charge in [-0.05, 0) is 24.7 Å². The van der Waals surface area contributed by atoms with E-state index >= 15 is 0 Å². The summed E-state index contributed by atoms with van der Waals surface area (Å²) < 4.78 is 22.1. The van der Waals surface area contributed by atoms with Gasteiger partial charge in [0.25, 0.3) is 0 Å². The van der Waals surface area contributed by atoms with E-state index in [0.29, 0.717) is 18.1 Å². The smallest absolute Gasteiger partial charge is 0.375 e. The van der Waals surface area contributed by atoms with Gasteiger partial charge in [0.2, 0.25) is 0 Å². The summed E-state index contributed by atoms with van der Waals surface area (Å²) in [6.45, 7) is 8.85. The Balaban J connectivity index is 4.38. The standard InChI is InChI=1S/C13H30O4Si/c1-11(2)8-13(9-12(3)4)17-10-18(14-5,15-6)16-7/h11-13H,8-10H2,1-7H3. The lowest BCUT2D eigenvalue weighted by molar-refractivity contribution is 0.00753. The molecule has 0 spiro atoms. The lowest BCUT2D eigenvalue weighted by atomic mass is 9.98. The molecule has 0 saturated heterocycles. The Kier molecular flexibility index (Phi) is 9.07. The van der Waals surface area contributed by atoms with E-state index in [1.807, 2.05) is 0 Å². The number of ether oxygens (including phenoxy) is 1. The predicted molar refractivity (Wildman–Crippen MR) is 75.4 cm³/mol. The van der Waals surface area contributed by atoms with E-state index in [0.717, 1.165) is 12.8 Å². The van der Waals surface area contributed by atoms with E-state index in [4.69, 9.17) is 18.0 Å². The van der Waals surface area contributed by atoms with Crippen molar-refractivity contribution < 1.29 is 18.0 Å². The Labute approximate surface area is 113 Å². The summed E-state index contributed by atoms with van der Waals surface area (Å²) in [6.07, 6.45) is 2.78. The first-order chi connectivity index (χ1) is 8.39. The second-order valence-electron chi connectivity index (χ2n) is 5.49. The lowest BCUT2D eigenvalue weighted by Crippen LogP contribution is -2.49. The Morgan fingerprint density at radius 2 is 1.17 bits per heavy atom. The summed E-state index contributed by atoms with van der Waals surface area (Å²) in [4.78, 5) is 0. The monoisotopic (exact) mass is 278 g/mol. The lowest BCUT2D eigenvalue weighted by Gasteiger charge is -2.28. The molecule has 110 valence electrons. The van der Waals surface area contributed by atoms with Crippen LogP contribution in [0.15, 0.2) is 0 Å². The Morgan fingerprint density at radius 3 is 1.44 bits per heavy atom. The highest BCUT2D eigenvalue weighted by atomic mass is 28.4. The first-order valence-electron chi connectivity index (χ1n) is 6.66. The van der Waals surface area contributed by atoms with Gasteiger partial charge in [0.15, 0.2) is 0 Å². The molecular formula is C13H30O4Si. The number of hydrogen-bond donors (Lipinski definition) is 0. The van der Waals surface area contributed by atoms with Crippen LogP contribution in [0.2, 0.25) is 0 Å². The quantitative estimate of drug-likeness (QED) is 0.576. The minimum absolute atomic E-state index is 0.248. The van der Waals surface area contributed by atoms with Crippen LogP contribution in [0.3, 0.4) is 0 Å². The van der Waals surface area contributed by atoms with Gasteiger partial charge in [0, 0.05) is 21.3 Å². The molecule has 0 aromatic heterocycles. The zero-order valence-corrected chi connectivity index (χ0v) is 14.0. The van der Waals surface area contributed by atoms with Gasteiger partial charge in [0.05, 0.1) is 6.10 Å². The van der Waals surface area contributed by atoms with Crippen molar-refractivity contribution in [3.8, 4) is 0 Å². The molecule has 0 atom stereocenters. The summed E-state index contributed by atoms with van der Waals surface area (Å²) in [5.41, 5.74) is 0. The Morgan fingerprint density at radius 1 is 0.778 bits per heavy atom. The zero-order valence-electron chi connectivity index (χ0n) is 13.0. The third-order valence-electron chi connectivity index (χ3n) is 2.90. The average molecular weight is 278 g/mol. The van der Waals surface area contributed by atoms with Crippen LogP contribution in [0.4, 0.5) is 0 Å². The SMILES string of the molecule is CO[Si](COC(CC(C)C)CC(C)C)(OC)OC. The summed E-state index contributed by atoms with van der Waals surface area (Å²) in [5, 5.41) is 0. The van der Waals surface area contributed by atoms with Crippen LogP contribution in [-0.4, -0.2) is 42.5 Å². The van der Waals surface area contributed by atoms with E-state index in [1.54, 1.807) is 21.3 Å². The highest BCUT2D eigenvalue weighted by Crippen LogP contribution is 2.18. The molecule has 0 aliphatic rings. The van der Waals surface area contributed by atoms with E-state index < -0.39 is 8.80 Å². The Hall–Kier alpha value is 0.0569. The molecule has 0 N–H and O–H groups in total. The molecule has 18 heavy (non-hydrogen) atoms. The van der Waals surface area contributed by atoms with Crippen molar-refractivity contribution in [1.29, 1.82) is 0 Å². The predicted octanol–water partition coefficient (Wildman–Crippen LogP) is 2.88. The van der Waals surface area contributed by atoms with Crippen molar-refractivity contribution >= 4 is 8.80 Å². The maximum atomic E-state index is 5.99. The van der Waals surface area contributed by atoms with Crippen molar-refractivity contribution in [1.82, 2.24) is 0 Å². The average Bonchev–Trinajstić information content (AvgIpc) is 2.30. The van der Waals surface area contributed by atoms with E-state index in [2.05, 4.69) is 27.7 Å². The van der Waals surface area contributed by atoms with Gasteiger partial charge in [-0.1, -0.05) is 27.7 Å². The molecule has 0 radical (unpaired) electrons. The van der Waals surface area contributed by atoms with Crippen molar-refractivity contribution in [3.05, 3.63) is 0 Å². The maximum absolute atomic E-state index is 5.99. The molecule has 0 unspecified atom stereocenters. The molecule has 0 aromatic carbocycles. The summed E-state index contributed by atoms with van der Waals surface area (Å²) in [5.74, 6) is 1.25. The van der Waals surface area contributed by atoms with Gasteiger partial charge in [-0.3, -0.25) is 0 Å². The van der Waals surface area contributed by atoms with Gasteiger partial charge in [-0.2, -0.15) is 0 Å². The fraction of sp³-hybridized carbons (Fsp3) is 1.00. The fourth-order valence-electron chi connectivity index (χ4n) is 1.93. The molecule has 0 heterocycles. The molecule has 0 amide bonds. The van der Waals surface area contributed by atoms with Gasteiger partial charge < -0.3 is 18.0 Å². The molecule has 0 bridgehead atoms. The molecule has 5 heteroatoms. The summed E-state index contributed by atoms with van der Waals surface area (Å²) in [7, 11) is 2.24. The number of hydrogen-bond acceptors (Lipinski definition) is 4.